The second kappa shape index (κ2) is 18.8. The standard InChI is InChI=1S/C48H72N2O10/c1-35(37-21-15-13-16-22-37)59-49-43(3,4)31-47(32-44(49,5)6)55-29-39(57-47)27-53-41(51)25-19-11-12-20-26-42(52)54-28-40-30-56-48(58-40)33-45(7,8)50(46(9,10)34-48)60-36(2)38-23-17-14-18-24-38/h13-18,21-24,35-36,39-40H,11-12,19-20,25-34H2,1-10H3. The zero-order valence-corrected chi connectivity index (χ0v) is 38.0. The summed E-state index contributed by atoms with van der Waals surface area (Å²) in [4.78, 5) is 38.4. The quantitative estimate of drug-likeness (QED) is 0.112. The van der Waals surface area contributed by atoms with Gasteiger partial charge in [0.05, 0.1) is 13.2 Å². The number of ether oxygens (including phenoxy) is 6. The van der Waals surface area contributed by atoms with Crippen molar-refractivity contribution in [2.24, 2.45) is 0 Å². The van der Waals surface area contributed by atoms with Gasteiger partial charge in [0.15, 0.2) is 11.6 Å². The van der Waals surface area contributed by atoms with E-state index in [9.17, 15) is 9.59 Å². The van der Waals surface area contributed by atoms with Crippen LogP contribution < -0.4 is 0 Å². The fraction of sp³-hybridized carbons (Fsp3) is 0.708. The van der Waals surface area contributed by atoms with Gasteiger partial charge in [-0.1, -0.05) is 73.5 Å². The van der Waals surface area contributed by atoms with Crippen molar-refractivity contribution in [3.63, 3.8) is 0 Å². The van der Waals surface area contributed by atoms with Gasteiger partial charge in [0.1, 0.15) is 37.6 Å². The number of hydroxylamine groups is 4. The average Bonchev–Trinajstić information content (AvgIpc) is 3.75. The summed E-state index contributed by atoms with van der Waals surface area (Å²) >= 11 is 0. The highest BCUT2D eigenvalue weighted by atomic mass is 16.8. The molecule has 60 heavy (non-hydrogen) atoms. The third kappa shape index (κ3) is 11.5. The van der Waals surface area contributed by atoms with Gasteiger partial charge >= 0.3 is 11.9 Å². The number of benzene rings is 2. The Balaban J connectivity index is 0.833. The maximum atomic E-state index is 12.6. The molecule has 12 heteroatoms. The first-order chi connectivity index (χ1) is 28.2. The second-order valence-electron chi connectivity index (χ2n) is 20.1. The second-order valence-corrected chi connectivity index (χ2v) is 20.1. The van der Waals surface area contributed by atoms with E-state index in [0.29, 0.717) is 64.6 Å². The van der Waals surface area contributed by atoms with Gasteiger partial charge in [-0.05, 0) is 93.2 Å². The molecule has 2 spiro atoms. The molecule has 4 atom stereocenters. The van der Waals surface area contributed by atoms with Gasteiger partial charge in [0.2, 0.25) is 0 Å². The molecule has 0 aliphatic carbocycles. The van der Waals surface area contributed by atoms with Crippen molar-refractivity contribution in [2.45, 2.75) is 192 Å². The summed E-state index contributed by atoms with van der Waals surface area (Å²) in [6, 6.07) is 20.5. The Morgan fingerprint density at radius 2 is 0.900 bits per heavy atom. The number of unbranched alkanes of at least 4 members (excludes halogenated alkanes) is 3. The molecule has 0 amide bonds. The fourth-order valence-electron chi connectivity index (χ4n) is 10.3. The number of carbonyl (C=O) groups excluding carboxylic acids is 2. The van der Waals surface area contributed by atoms with E-state index in [1.807, 2.05) is 36.4 Å². The summed E-state index contributed by atoms with van der Waals surface area (Å²) in [5, 5.41) is 4.22. The SMILES string of the molecule is CC(ON1C(C)(C)CC2(CC1(C)C)OCC(COC(=O)CCCCCCC(=O)OCC1COC3(CC(C)(C)N(OC(C)c4ccccc4)C(C)(C)C3)O1)O2)c1ccccc1. The molecule has 4 saturated heterocycles. The van der Waals surface area contributed by atoms with Crippen molar-refractivity contribution in [1.29, 1.82) is 0 Å². The monoisotopic (exact) mass is 837 g/mol. The lowest BCUT2D eigenvalue weighted by Gasteiger charge is -2.56. The summed E-state index contributed by atoms with van der Waals surface area (Å²) in [5.41, 5.74) is 0.752. The van der Waals surface area contributed by atoms with Gasteiger partial charge in [-0.2, -0.15) is 10.1 Å². The van der Waals surface area contributed by atoms with E-state index in [0.717, 1.165) is 24.0 Å². The maximum Gasteiger partial charge on any atom is 0.305 e. The van der Waals surface area contributed by atoms with Gasteiger partial charge in [0.25, 0.3) is 0 Å². The van der Waals surface area contributed by atoms with Gasteiger partial charge in [-0.3, -0.25) is 19.3 Å². The molecule has 4 heterocycles. The van der Waals surface area contributed by atoms with Crippen LogP contribution in [-0.4, -0.2) is 94.4 Å². The Hall–Kier alpha value is -2.94. The van der Waals surface area contributed by atoms with Gasteiger partial charge in [-0.25, -0.2) is 0 Å². The van der Waals surface area contributed by atoms with Crippen molar-refractivity contribution >= 4 is 11.9 Å². The van der Waals surface area contributed by atoms with Crippen molar-refractivity contribution in [2.75, 3.05) is 26.4 Å². The zero-order valence-electron chi connectivity index (χ0n) is 38.0. The summed E-state index contributed by atoms with van der Waals surface area (Å²) in [6.07, 6.45) is 5.27. The number of hydrogen-bond acceptors (Lipinski definition) is 12. The number of carbonyl (C=O) groups is 2. The zero-order chi connectivity index (χ0) is 43.4. The fourth-order valence-corrected chi connectivity index (χ4v) is 10.3. The Morgan fingerprint density at radius 3 is 1.23 bits per heavy atom. The summed E-state index contributed by atoms with van der Waals surface area (Å²) in [6.45, 7) is 22.4. The molecule has 4 aliphatic rings. The minimum atomic E-state index is -0.773. The molecule has 4 aliphatic heterocycles. The van der Waals surface area contributed by atoms with Crippen LogP contribution >= 0.6 is 0 Å². The van der Waals surface area contributed by atoms with Gasteiger partial charge < -0.3 is 28.4 Å². The number of piperidine rings is 2. The van der Waals surface area contributed by atoms with E-state index >= 15 is 0 Å². The van der Waals surface area contributed by atoms with Crippen molar-refractivity contribution in [3.05, 3.63) is 71.8 Å². The van der Waals surface area contributed by atoms with Crippen LogP contribution in [0.15, 0.2) is 60.7 Å². The number of esters is 2. The van der Waals surface area contributed by atoms with E-state index < -0.39 is 11.6 Å². The average molecular weight is 837 g/mol. The smallest absolute Gasteiger partial charge is 0.305 e. The third-order valence-electron chi connectivity index (χ3n) is 12.3. The maximum absolute atomic E-state index is 12.6. The molecule has 6 rings (SSSR count). The molecule has 12 nitrogen and oxygen atoms in total. The molecule has 2 aromatic rings. The molecular formula is C48H72N2O10. The first-order valence-electron chi connectivity index (χ1n) is 22.2. The Bertz CT molecular complexity index is 1550. The molecule has 2 aromatic carbocycles. The normalized spacial score (nSPS) is 26.2. The predicted octanol–water partition coefficient (Wildman–Crippen LogP) is 9.33. The highest BCUT2D eigenvalue weighted by Gasteiger charge is 2.59. The van der Waals surface area contributed by atoms with E-state index in [4.69, 9.17) is 38.1 Å². The summed E-state index contributed by atoms with van der Waals surface area (Å²) < 4.78 is 37.0. The first-order valence-corrected chi connectivity index (χ1v) is 22.2. The van der Waals surface area contributed by atoms with Crippen LogP contribution in [-0.2, 0) is 47.7 Å². The van der Waals surface area contributed by atoms with Crippen LogP contribution in [0.5, 0.6) is 0 Å². The van der Waals surface area contributed by atoms with E-state index in [1.165, 1.54) is 0 Å². The highest BCUT2D eigenvalue weighted by Crippen LogP contribution is 2.51. The summed E-state index contributed by atoms with van der Waals surface area (Å²) in [7, 11) is 0. The number of nitrogens with zero attached hydrogens (tertiary/aromatic N) is 2. The molecule has 0 aromatic heterocycles. The van der Waals surface area contributed by atoms with E-state index in [-0.39, 0.29) is 71.7 Å². The van der Waals surface area contributed by atoms with Crippen molar-refractivity contribution in [1.82, 2.24) is 10.1 Å². The van der Waals surface area contributed by atoms with Crippen molar-refractivity contribution < 1.29 is 47.7 Å². The molecule has 0 bridgehead atoms. The topological polar surface area (TPSA) is 114 Å². The van der Waals surface area contributed by atoms with Crippen LogP contribution in [0.25, 0.3) is 0 Å². The molecular weight excluding hydrogens is 765 g/mol. The lowest BCUT2D eigenvalue weighted by molar-refractivity contribution is -0.352. The lowest BCUT2D eigenvalue weighted by atomic mass is 9.78. The predicted molar refractivity (Wildman–Crippen MR) is 227 cm³/mol. The van der Waals surface area contributed by atoms with E-state index in [1.54, 1.807) is 0 Å². The Labute approximate surface area is 358 Å². The summed E-state index contributed by atoms with van der Waals surface area (Å²) in [5.74, 6) is -2.04. The van der Waals surface area contributed by atoms with E-state index in [2.05, 4.69) is 104 Å². The van der Waals surface area contributed by atoms with Crippen LogP contribution in [0.3, 0.4) is 0 Å². The largest absolute Gasteiger partial charge is 0.463 e. The van der Waals surface area contributed by atoms with Crippen LogP contribution in [0, 0.1) is 0 Å². The highest BCUT2D eigenvalue weighted by molar-refractivity contribution is 5.69. The van der Waals surface area contributed by atoms with Gasteiger partial charge in [-0.15, -0.1) is 0 Å². The Kier molecular flexibility index (Phi) is 14.6. The first kappa shape index (κ1) is 46.6. The number of rotatable bonds is 17. The molecule has 4 unspecified atom stereocenters. The van der Waals surface area contributed by atoms with Crippen LogP contribution in [0.1, 0.15) is 157 Å². The minimum Gasteiger partial charge on any atom is -0.463 e. The molecule has 0 saturated carbocycles. The molecule has 334 valence electrons. The lowest BCUT2D eigenvalue weighted by Crippen LogP contribution is -2.65. The molecule has 4 fully saturated rings. The van der Waals surface area contributed by atoms with Crippen LogP contribution in [0.4, 0.5) is 0 Å². The van der Waals surface area contributed by atoms with Gasteiger partial charge in [0, 0.05) is 60.7 Å². The molecule has 0 N–H and O–H groups in total. The Morgan fingerprint density at radius 1 is 0.567 bits per heavy atom. The van der Waals surface area contributed by atoms with Crippen molar-refractivity contribution in [3.8, 4) is 0 Å². The molecule has 0 radical (unpaired) electrons. The number of hydrogen-bond donors (Lipinski definition) is 0. The van der Waals surface area contributed by atoms with Crippen LogP contribution in [0.2, 0.25) is 0 Å². The minimum absolute atomic E-state index is 0.104. The third-order valence-corrected chi connectivity index (χ3v) is 12.3.